The zero-order valence-corrected chi connectivity index (χ0v) is 13.1. The Morgan fingerprint density at radius 3 is 2.75 bits per heavy atom. The van der Waals surface area contributed by atoms with E-state index in [1.54, 1.807) is 18.2 Å². The maximum Gasteiger partial charge on any atom is 0.244 e. The highest BCUT2D eigenvalue weighted by molar-refractivity contribution is 5.91. The Morgan fingerprint density at radius 2 is 1.92 bits per heavy atom. The molecule has 1 heterocycles. The third-order valence-electron chi connectivity index (χ3n) is 3.60. The van der Waals surface area contributed by atoms with Crippen LogP contribution in [0.15, 0.2) is 48.5 Å². The summed E-state index contributed by atoms with van der Waals surface area (Å²) < 4.78 is 24.7. The molecule has 124 valence electrons. The molecular formula is C19H18FNO3. The molecule has 1 N–H and O–H groups in total. The second kappa shape index (κ2) is 7.64. The van der Waals surface area contributed by atoms with E-state index in [0.29, 0.717) is 31.1 Å². The smallest absolute Gasteiger partial charge is 0.244 e. The summed E-state index contributed by atoms with van der Waals surface area (Å²) >= 11 is 0. The molecule has 5 heteroatoms. The quantitative estimate of drug-likeness (QED) is 0.877. The van der Waals surface area contributed by atoms with Gasteiger partial charge in [-0.1, -0.05) is 24.3 Å². The first-order valence-corrected chi connectivity index (χ1v) is 7.81. The van der Waals surface area contributed by atoms with Crippen LogP contribution in [0.5, 0.6) is 11.5 Å². The molecule has 1 amide bonds. The standard InChI is InChI=1S/C19H18FNO3/c20-16-5-2-1-4-15(16)7-9-19(22)21-13-14-6-8-17-18(12-14)24-11-3-10-23-17/h1-2,4-9,12H,3,10-11,13H2,(H,21,22). The molecule has 0 aromatic heterocycles. The van der Waals surface area contributed by atoms with Crippen LogP contribution in [-0.4, -0.2) is 19.1 Å². The van der Waals surface area contributed by atoms with Gasteiger partial charge in [0.15, 0.2) is 11.5 Å². The fourth-order valence-electron chi connectivity index (χ4n) is 2.34. The Morgan fingerprint density at radius 1 is 1.12 bits per heavy atom. The number of halogens is 1. The Bertz CT molecular complexity index is 758. The minimum atomic E-state index is -0.357. The number of nitrogens with one attached hydrogen (secondary N) is 1. The van der Waals surface area contributed by atoms with Gasteiger partial charge in [-0.25, -0.2) is 4.39 Å². The third kappa shape index (κ3) is 4.13. The molecule has 0 unspecified atom stereocenters. The molecule has 0 radical (unpaired) electrons. The molecule has 1 aliphatic heterocycles. The molecule has 0 spiro atoms. The molecule has 24 heavy (non-hydrogen) atoms. The molecule has 0 atom stereocenters. The molecule has 2 aromatic rings. The van der Waals surface area contributed by atoms with Gasteiger partial charge in [-0.05, 0) is 29.8 Å². The molecule has 0 saturated heterocycles. The van der Waals surface area contributed by atoms with E-state index in [0.717, 1.165) is 17.7 Å². The van der Waals surface area contributed by atoms with Crippen molar-refractivity contribution in [2.24, 2.45) is 0 Å². The number of benzene rings is 2. The number of carbonyl (C=O) groups is 1. The highest BCUT2D eigenvalue weighted by atomic mass is 19.1. The van der Waals surface area contributed by atoms with E-state index in [1.165, 1.54) is 18.2 Å². The summed E-state index contributed by atoms with van der Waals surface area (Å²) in [5, 5.41) is 2.77. The van der Waals surface area contributed by atoms with Gasteiger partial charge in [0.2, 0.25) is 5.91 Å². The first kappa shape index (κ1) is 16.1. The average molecular weight is 327 g/mol. The Labute approximate surface area is 139 Å². The molecule has 2 aromatic carbocycles. The Hall–Kier alpha value is -2.82. The lowest BCUT2D eigenvalue weighted by Gasteiger charge is -2.09. The van der Waals surface area contributed by atoms with E-state index in [1.807, 2.05) is 18.2 Å². The van der Waals surface area contributed by atoms with Crippen molar-refractivity contribution in [1.29, 1.82) is 0 Å². The van der Waals surface area contributed by atoms with Crippen molar-refractivity contribution in [2.45, 2.75) is 13.0 Å². The van der Waals surface area contributed by atoms with Gasteiger partial charge in [-0.3, -0.25) is 4.79 Å². The zero-order chi connectivity index (χ0) is 16.8. The van der Waals surface area contributed by atoms with E-state index in [9.17, 15) is 9.18 Å². The first-order chi connectivity index (χ1) is 11.7. The van der Waals surface area contributed by atoms with Crippen LogP contribution in [0.4, 0.5) is 4.39 Å². The molecule has 4 nitrogen and oxygen atoms in total. The van der Waals surface area contributed by atoms with Crippen molar-refractivity contribution >= 4 is 12.0 Å². The summed E-state index contributed by atoms with van der Waals surface area (Å²) in [6.45, 7) is 1.62. The van der Waals surface area contributed by atoms with Crippen LogP contribution < -0.4 is 14.8 Å². The summed E-state index contributed by atoms with van der Waals surface area (Å²) in [5.74, 6) is 0.776. The summed E-state index contributed by atoms with van der Waals surface area (Å²) in [4.78, 5) is 11.9. The summed E-state index contributed by atoms with van der Waals surface area (Å²) in [6, 6.07) is 11.9. The molecule has 0 bridgehead atoms. The molecule has 1 aliphatic rings. The van der Waals surface area contributed by atoms with Gasteiger partial charge in [-0.2, -0.15) is 0 Å². The predicted octanol–water partition coefficient (Wildman–Crippen LogP) is 3.32. The van der Waals surface area contributed by atoms with E-state index in [2.05, 4.69) is 5.32 Å². The van der Waals surface area contributed by atoms with E-state index >= 15 is 0 Å². The van der Waals surface area contributed by atoms with Crippen molar-refractivity contribution in [2.75, 3.05) is 13.2 Å². The van der Waals surface area contributed by atoms with Crippen molar-refractivity contribution in [1.82, 2.24) is 5.32 Å². The van der Waals surface area contributed by atoms with Crippen molar-refractivity contribution < 1.29 is 18.7 Å². The number of hydrogen-bond acceptors (Lipinski definition) is 3. The fraction of sp³-hybridized carbons (Fsp3) is 0.211. The average Bonchev–Trinajstić information content (AvgIpc) is 2.84. The number of hydrogen-bond donors (Lipinski definition) is 1. The number of rotatable bonds is 4. The third-order valence-corrected chi connectivity index (χ3v) is 3.60. The lowest BCUT2D eigenvalue weighted by Crippen LogP contribution is -2.20. The monoisotopic (exact) mass is 327 g/mol. The number of carbonyl (C=O) groups excluding carboxylic acids is 1. The van der Waals surface area contributed by atoms with Crippen LogP contribution in [0.25, 0.3) is 6.08 Å². The first-order valence-electron chi connectivity index (χ1n) is 7.81. The van der Waals surface area contributed by atoms with Gasteiger partial charge in [0.05, 0.1) is 13.2 Å². The summed E-state index contributed by atoms with van der Waals surface area (Å²) in [7, 11) is 0. The zero-order valence-electron chi connectivity index (χ0n) is 13.1. The maximum atomic E-state index is 13.5. The second-order valence-electron chi connectivity index (χ2n) is 5.40. The highest BCUT2D eigenvalue weighted by Gasteiger charge is 2.10. The molecule has 0 aliphatic carbocycles. The highest BCUT2D eigenvalue weighted by Crippen LogP contribution is 2.30. The van der Waals surface area contributed by atoms with Crippen molar-refractivity contribution in [3.63, 3.8) is 0 Å². The topological polar surface area (TPSA) is 47.6 Å². The van der Waals surface area contributed by atoms with Gasteiger partial charge in [-0.15, -0.1) is 0 Å². The van der Waals surface area contributed by atoms with Crippen LogP contribution in [-0.2, 0) is 11.3 Å². The van der Waals surface area contributed by atoms with Gasteiger partial charge < -0.3 is 14.8 Å². The van der Waals surface area contributed by atoms with Crippen LogP contribution in [0.1, 0.15) is 17.5 Å². The molecule has 3 rings (SSSR count). The largest absolute Gasteiger partial charge is 0.490 e. The van der Waals surface area contributed by atoms with Crippen LogP contribution in [0.3, 0.4) is 0 Å². The fourth-order valence-corrected chi connectivity index (χ4v) is 2.34. The predicted molar refractivity (Wildman–Crippen MR) is 89.3 cm³/mol. The molecule has 0 saturated carbocycles. The van der Waals surface area contributed by atoms with E-state index in [4.69, 9.17) is 9.47 Å². The van der Waals surface area contributed by atoms with Crippen LogP contribution in [0, 0.1) is 5.82 Å². The van der Waals surface area contributed by atoms with Crippen molar-refractivity contribution in [3.8, 4) is 11.5 Å². The summed E-state index contributed by atoms with van der Waals surface area (Å²) in [5.41, 5.74) is 1.29. The normalized spacial score (nSPS) is 13.5. The Kier molecular flexibility index (Phi) is 5.11. The van der Waals surface area contributed by atoms with E-state index in [-0.39, 0.29) is 11.7 Å². The summed E-state index contributed by atoms with van der Waals surface area (Å²) in [6.07, 6.45) is 3.63. The number of ether oxygens (including phenoxy) is 2. The van der Waals surface area contributed by atoms with E-state index < -0.39 is 0 Å². The lowest BCUT2D eigenvalue weighted by molar-refractivity contribution is -0.116. The van der Waals surface area contributed by atoms with Gasteiger partial charge in [0.1, 0.15) is 5.82 Å². The van der Waals surface area contributed by atoms with Crippen LogP contribution in [0.2, 0.25) is 0 Å². The number of amides is 1. The van der Waals surface area contributed by atoms with Crippen LogP contribution >= 0.6 is 0 Å². The lowest BCUT2D eigenvalue weighted by atomic mass is 10.2. The Balaban J connectivity index is 1.58. The van der Waals surface area contributed by atoms with Gasteiger partial charge >= 0.3 is 0 Å². The minimum Gasteiger partial charge on any atom is -0.490 e. The maximum absolute atomic E-state index is 13.5. The molecule has 0 fully saturated rings. The minimum absolute atomic E-state index is 0.287. The van der Waals surface area contributed by atoms with Crippen molar-refractivity contribution in [3.05, 3.63) is 65.5 Å². The van der Waals surface area contributed by atoms with Gasteiger partial charge in [0.25, 0.3) is 0 Å². The SMILES string of the molecule is O=C(C=Cc1ccccc1F)NCc1ccc2c(c1)OCCCO2. The second-order valence-corrected chi connectivity index (χ2v) is 5.40. The number of fused-ring (bicyclic) bond motifs is 1. The molecular weight excluding hydrogens is 309 g/mol. The van der Waals surface area contributed by atoms with Gasteiger partial charge in [0, 0.05) is 24.6 Å².